The van der Waals surface area contributed by atoms with Gasteiger partial charge in [-0.1, -0.05) is 18.7 Å². The molecular weight excluding hydrogens is 350 g/mol. The Bertz CT molecular complexity index is 778. The van der Waals surface area contributed by atoms with Crippen LogP contribution in [0, 0.1) is 11.6 Å². The number of hydrogen-bond donors (Lipinski definition) is 2. The molecule has 0 spiro atoms. The number of carbonyl (C=O) groups is 1. The van der Waals surface area contributed by atoms with Gasteiger partial charge in [-0.25, -0.2) is 8.78 Å². The first-order chi connectivity index (χ1) is 12.9. The molecule has 2 atom stereocenters. The minimum atomic E-state index is -0.665. The zero-order valence-corrected chi connectivity index (χ0v) is 15.6. The quantitative estimate of drug-likeness (QED) is 0.661. The van der Waals surface area contributed by atoms with Crippen LogP contribution in [0.15, 0.2) is 55.1 Å². The van der Waals surface area contributed by atoms with Crippen LogP contribution in [0.5, 0.6) is 5.75 Å². The third kappa shape index (κ3) is 6.49. The predicted molar refractivity (Wildman–Crippen MR) is 101 cm³/mol. The van der Waals surface area contributed by atoms with Crippen LogP contribution in [-0.2, 0) is 11.3 Å². The summed E-state index contributed by atoms with van der Waals surface area (Å²) in [6, 6.07) is 10.5. The smallest absolute Gasteiger partial charge is 0.275 e. The summed E-state index contributed by atoms with van der Waals surface area (Å²) >= 11 is 0. The van der Waals surface area contributed by atoms with Crippen molar-refractivity contribution in [3.05, 3.63) is 77.9 Å². The van der Waals surface area contributed by atoms with E-state index in [0.717, 1.165) is 22.3 Å². The van der Waals surface area contributed by atoms with Crippen molar-refractivity contribution in [1.82, 2.24) is 5.32 Å². The van der Waals surface area contributed by atoms with Gasteiger partial charge in [-0.3, -0.25) is 4.79 Å². The van der Waals surface area contributed by atoms with Crippen LogP contribution in [0.4, 0.5) is 8.78 Å². The van der Waals surface area contributed by atoms with Crippen LogP contribution in [0.25, 0.3) is 0 Å². The predicted octanol–water partition coefficient (Wildman–Crippen LogP) is 2.42. The van der Waals surface area contributed by atoms with E-state index in [1.54, 1.807) is 13.0 Å². The molecule has 0 radical (unpaired) electrons. The van der Waals surface area contributed by atoms with Crippen molar-refractivity contribution in [1.29, 1.82) is 0 Å². The van der Waals surface area contributed by atoms with Crippen LogP contribution in [0.1, 0.15) is 24.1 Å². The van der Waals surface area contributed by atoms with E-state index in [2.05, 4.69) is 11.9 Å². The first-order valence-electron chi connectivity index (χ1n) is 8.77. The van der Waals surface area contributed by atoms with Gasteiger partial charge in [0.1, 0.15) is 30.5 Å². The molecule has 2 rings (SSSR count). The zero-order chi connectivity index (χ0) is 19.8. The minimum absolute atomic E-state index is 0.199. The Labute approximate surface area is 158 Å². The summed E-state index contributed by atoms with van der Waals surface area (Å²) < 4.78 is 32.2. The highest BCUT2D eigenvalue weighted by Crippen LogP contribution is 2.17. The number of ether oxygens (including phenoxy) is 1. The molecule has 27 heavy (non-hydrogen) atoms. The fraction of sp³-hybridized carbons (Fsp3) is 0.286. The lowest BCUT2D eigenvalue weighted by Gasteiger charge is -2.18. The molecule has 6 heteroatoms. The first kappa shape index (κ1) is 20.6. The van der Waals surface area contributed by atoms with Gasteiger partial charge in [-0.2, -0.15) is 0 Å². The van der Waals surface area contributed by atoms with E-state index in [1.165, 1.54) is 12.1 Å². The second-order valence-electron chi connectivity index (χ2n) is 6.51. The van der Waals surface area contributed by atoms with Gasteiger partial charge in [0.25, 0.3) is 5.91 Å². The summed E-state index contributed by atoms with van der Waals surface area (Å²) in [6.45, 7) is 6.63. The number of likely N-dealkylation sites (N-methyl/N-ethyl adjacent to an activating group) is 1. The number of amides is 1. The Morgan fingerprint density at radius 2 is 1.96 bits per heavy atom. The average molecular weight is 375 g/mol. The summed E-state index contributed by atoms with van der Waals surface area (Å²) in [4.78, 5) is 13.2. The highest BCUT2D eigenvalue weighted by molar-refractivity contribution is 5.77. The first-order valence-corrected chi connectivity index (χ1v) is 8.77. The summed E-state index contributed by atoms with van der Waals surface area (Å²) in [5.41, 5.74) is 1.33. The maximum Gasteiger partial charge on any atom is 0.275 e. The van der Waals surface area contributed by atoms with E-state index in [-0.39, 0.29) is 18.0 Å². The number of quaternary nitrogens is 1. The largest absolute Gasteiger partial charge is 0.490 e. The fourth-order valence-corrected chi connectivity index (χ4v) is 2.77. The van der Waals surface area contributed by atoms with Crippen LogP contribution in [-0.4, -0.2) is 26.1 Å². The summed E-state index contributed by atoms with van der Waals surface area (Å²) in [6.07, 6.45) is 1.68. The number of benzene rings is 2. The number of hydrogen-bond acceptors (Lipinski definition) is 2. The Kier molecular flexibility index (Phi) is 7.49. The van der Waals surface area contributed by atoms with E-state index in [1.807, 2.05) is 31.3 Å². The molecule has 0 aromatic heterocycles. The lowest BCUT2D eigenvalue weighted by atomic mass is 10.1. The number of carbonyl (C=O) groups excluding carboxylic acids is 1. The van der Waals surface area contributed by atoms with Crippen LogP contribution in [0.3, 0.4) is 0 Å². The molecule has 0 heterocycles. The third-order valence-electron chi connectivity index (χ3n) is 4.07. The molecule has 2 aromatic rings. The zero-order valence-electron chi connectivity index (χ0n) is 15.6. The molecule has 1 unspecified atom stereocenters. The van der Waals surface area contributed by atoms with E-state index in [0.29, 0.717) is 13.2 Å². The van der Waals surface area contributed by atoms with Crippen molar-refractivity contribution in [2.24, 2.45) is 0 Å². The molecular formula is C21H25F2N2O2+. The molecule has 1 amide bonds. The SMILES string of the molecule is C=CCOc1ccc(C[NH+](C)CC(=O)N[C@@H](C)c2ccc(F)cc2F)cc1. The summed E-state index contributed by atoms with van der Waals surface area (Å²) in [5.74, 6) is -0.735. The highest BCUT2D eigenvalue weighted by atomic mass is 19.1. The van der Waals surface area contributed by atoms with Crippen molar-refractivity contribution in [2.45, 2.75) is 19.5 Å². The molecule has 2 N–H and O–H groups in total. The van der Waals surface area contributed by atoms with Crippen molar-refractivity contribution in [2.75, 3.05) is 20.2 Å². The number of halogens is 2. The van der Waals surface area contributed by atoms with Crippen molar-refractivity contribution in [3.8, 4) is 5.75 Å². The van der Waals surface area contributed by atoms with Crippen LogP contribution < -0.4 is 15.0 Å². The average Bonchev–Trinajstić information content (AvgIpc) is 2.60. The lowest BCUT2D eigenvalue weighted by Crippen LogP contribution is -3.08. The van der Waals surface area contributed by atoms with E-state index in [4.69, 9.17) is 4.74 Å². The van der Waals surface area contributed by atoms with E-state index < -0.39 is 17.7 Å². The maximum atomic E-state index is 13.8. The van der Waals surface area contributed by atoms with Gasteiger partial charge >= 0.3 is 0 Å². The van der Waals surface area contributed by atoms with Crippen LogP contribution in [0.2, 0.25) is 0 Å². The summed E-state index contributed by atoms with van der Waals surface area (Å²) in [7, 11) is 1.91. The molecule has 0 aliphatic carbocycles. The molecule has 0 aliphatic rings. The molecule has 4 nitrogen and oxygen atoms in total. The molecule has 0 aliphatic heterocycles. The van der Waals surface area contributed by atoms with Crippen molar-refractivity contribution < 1.29 is 23.2 Å². The van der Waals surface area contributed by atoms with E-state index >= 15 is 0 Å². The summed E-state index contributed by atoms with van der Waals surface area (Å²) in [5, 5.41) is 2.75. The van der Waals surface area contributed by atoms with Gasteiger partial charge < -0.3 is 15.0 Å². The Balaban J connectivity index is 1.84. The monoisotopic (exact) mass is 375 g/mol. The normalized spacial score (nSPS) is 12.9. The topological polar surface area (TPSA) is 42.8 Å². The standard InChI is InChI=1S/C21H24F2N2O2/c1-4-11-27-18-8-5-16(6-9-18)13-25(3)14-21(26)24-15(2)19-10-7-17(22)12-20(19)23/h4-10,12,15H,1,11,13-14H2,2-3H3,(H,24,26)/p+1/t15-/m0/s1. The highest BCUT2D eigenvalue weighted by Gasteiger charge is 2.17. The molecule has 2 aromatic carbocycles. The van der Waals surface area contributed by atoms with Gasteiger partial charge in [0.2, 0.25) is 0 Å². The molecule has 0 bridgehead atoms. The second kappa shape index (κ2) is 9.83. The van der Waals surface area contributed by atoms with Gasteiger partial charge in [-0.15, -0.1) is 0 Å². The Morgan fingerprint density at radius 1 is 1.26 bits per heavy atom. The Hall–Kier alpha value is -2.73. The molecule has 0 fully saturated rings. The lowest BCUT2D eigenvalue weighted by molar-refractivity contribution is -0.885. The molecule has 0 saturated heterocycles. The van der Waals surface area contributed by atoms with E-state index in [9.17, 15) is 13.6 Å². The second-order valence-corrected chi connectivity index (χ2v) is 6.51. The van der Waals surface area contributed by atoms with Crippen molar-refractivity contribution >= 4 is 5.91 Å². The van der Waals surface area contributed by atoms with Gasteiger partial charge in [0, 0.05) is 17.2 Å². The molecule has 144 valence electrons. The third-order valence-corrected chi connectivity index (χ3v) is 4.07. The van der Waals surface area contributed by atoms with Crippen LogP contribution >= 0.6 is 0 Å². The van der Waals surface area contributed by atoms with Gasteiger partial charge in [0.15, 0.2) is 6.54 Å². The maximum absolute atomic E-state index is 13.8. The van der Waals surface area contributed by atoms with Crippen molar-refractivity contribution in [3.63, 3.8) is 0 Å². The van der Waals surface area contributed by atoms with Gasteiger partial charge in [-0.05, 0) is 37.3 Å². The Morgan fingerprint density at radius 3 is 2.59 bits per heavy atom. The molecule has 0 saturated carbocycles. The number of nitrogens with one attached hydrogen (secondary N) is 2. The van der Waals surface area contributed by atoms with Gasteiger partial charge in [0.05, 0.1) is 13.1 Å². The minimum Gasteiger partial charge on any atom is -0.490 e. The number of rotatable bonds is 9. The fourth-order valence-electron chi connectivity index (χ4n) is 2.77.